The zero-order valence-electron chi connectivity index (χ0n) is 11.8. The van der Waals surface area contributed by atoms with Crippen LogP contribution < -0.4 is 5.73 Å². The second-order valence-electron chi connectivity index (χ2n) is 5.06. The molecule has 0 bridgehead atoms. The molecule has 1 aromatic rings. The van der Waals surface area contributed by atoms with Crippen molar-refractivity contribution in [2.75, 3.05) is 32.5 Å². The summed E-state index contributed by atoms with van der Waals surface area (Å²) in [4.78, 5) is 2.52. The molecule has 1 fully saturated rings. The molecule has 2 rings (SSSR count). The van der Waals surface area contributed by atoms with Gasteiger partial charge in [0.25, 0.3) is 0 Å². The van der Waals surface area contributed by atoms with E-state index in [0.29, 0.717) is 24.4 Å². The summed E-state index contributed by atoms with van der Waals surface area (Å²) in [7, 11) is 1.74. The fraction of sp³-hybridized carbons (Fsp3) is 0.600. The van der Waals surface area contributed by atoms with E-state index in [1.807, 2.05) is 0 Å². The maximum Gasteiger partial charge on any atom is 0.0716 e. The smallest absolute Gasteiger partial charge is 0.0716 e. The minimum Gasteiger partial charge on any atom is -0.380 e. The topological polar surface area (TPSA) is 38.5 Å². The SMILES string of the molecule is COCc1ccccc1C(CN)N1CCSC(C)C1. The molecule has 0 saturated carbocycles. The van der Waals surface area contributed by atoms with Crippen molar-refractivity contribution in [3.8, 4) is 0 Å². The van der Waals surface area contributed by atoms with Crippen LogP contribution in [0.3, 0.4) is 0 Å². The van der Waals surface area contributed by atoms with Gasteiger partial charge in [0.2, 0.25) is 0 Å². The minimum absolute atomic E-state index is 0.315. The first-order valence-electron chi connectivity index (χ1n) is 6.88. The Balaban J connectivity index is 2.20. The number of hydrogen-bond acceptors (Lipinski definition) is 4. The van der Waals surface area contributed by atoms with Crippen LogP contribution in [0.1, 0.15) is 24.1 Å². The first-order valence-corrected chi connectivity index (χ1v) is 7.93. The highest BCUT2D eigenvalue weighted by Gasteiger charge is 2.25. The van der Waals surface area contributed by atoms with Gasteiger partial charge in [-0.1, -0.05) is 31.2 Å². The fourth-order valence-electron chi connectivity index (χ4n) is 2.75. The maximum atomic E-state index is 6.06. The van der Waals surface area contributed by atoms with Gasteiger partial charge in [0, 0.05) is 43.8 Å². The van der Waals surface area contributed by atoms with Gasteiger partial charge in [-0.15, -0.1) is 0 Å². The van der Waals surface area contributed by atoms with Gasteiger partial charge in [0.15, 0.2) is 0 Å². The molecule has 1 aliphatic heterocycles. The lowest BCUT2D eigenvalue weighted by Crippen LogP contribution is -2.42. The zero-order chi connectivity index (χ0) is 13.7. The standard InChI is InChI=1S/C15H24N2OS/c1-12-10-17(7-8-19-12)15(9-16)14-6-4-3-5-13(14)11-18-2/h3-6,12,15H,7-11,16H2,1-2H3. The molecular weight excluding hydrogens is 256 g/mol. The molecule has 0 amide bonds. The number of thioether (sulfide) groups is 1. The summed E-state index contributed by atoms with van der Waals surface area (Å²) >= 11 is 2.05. The molecule has 2 atom stereocenters. The lowest BCUT2D eigenvalue weighted by atomic mass is 9.99. The highest BCUT2D eigenvalue weighted by Crippen LogP contribution is 2.28. The Labute approximate surface area is 120 Å². The Morgan fingerprint density at radius 1 is 1.47 bits per heavy atom. The van der Waals surface area contributed by atoms with Crippen molar-refractivity contribution in [1.29, 1.82) is 0 Å². The van der Waals surface area contributed by atoms with E-state index < -0.39 is 0 Å². The molecule has 3 nitrogen and oxygen atoms in total. The van der Waals surface area contributed by atoms with Crippen LogP contribution >= 0.6 is 11.8 Å². The van der Waals surface area contributed by atoms with E-state index in [1.165, 1.54) is 16.9 Å². The monoisotopic (exact) mass is 280 g/mol. The normalized spacial score (nSPS) is 22.4. The molecule has 0 radical (unpaired) electrons. The summed E-state index contributed by atoms with van der Waals surface area (Å²) in [5, 5.41) is 0.692. The lowest BCUT2D eigenvalue weighted by Gasteiger charge is -2.37. The zero-order valence-corrected chi connectivity index (χ0v) is 12.7. The summed E-state index contributed by atoms with van der Waals surface area (Å²) in [5.41, 5.74) is 8.64. The molecule has 0 spiro atoms. The molecular formula is C15H24N2OS. The van der Waals surface area contributed by atoms with E-state index in [2.05, 4.69) is 47.9 Å². The van der Waals surface area contributed by atoms with Gasteiger partial charge < -0.3 is 10.5 Å². The molecule has 1 aliphatic rings. The predicted molar refractivity (Wildman–Crippen MR) is 82.4 cm³/mol. The van der Waals surface area contributed by atoms with E-state index in [1.54, 1.807) is 7.11 Å². The molecule has 4 heteroatoms. The summed E-state index contributed by atoms with van der Waals surface area (Å²) in [6.45, 7) is 5.86. The van der Waals surface area contributed by atoms with E-state index >= 15 is 0 Å². The van der Waals surface area contributed by atoms with E-state index in [0.717, 1.165) is 13.1 Å². The van der Waals surface area contributed by atoms with Crippen LogP contribution in [0, 0.1) is 0 Å². The third kappa shape index (κ3) is 3.72. The van der Waals surface area contributed by atoms with E-state index in [4.69, 9.17) is 10.5 Å². The fourth-order valence-corrected chi connectivity index (χ4v) is 3.79. The number of hydrogen-bond donors (Lipinski definition) is 1. The number of nitrogens with two attached hydrogens (primary N) is 1. The Morgan fingerprint density at radius 3 is 2.95 bits per heavy atom. The molecule has 0 aliphatic carbocycles. The number of ether oxygens (including phenoxy) is 1. The van der Waals surface area contributed by atoms with E-state index in [9.17, 15) is 0 Å². The quantitative estimate of drug-likeness (QED) is 0.898. The van der Waals surface area contributed by atoms with Gasteiger partial charge in [-0.3, -0.25) is 4.90 Å². The van der Waals surface area contributed by atoms with Crippen LogP contribution in [-0.4, -0.2) is 42.6 Å². The van der Waals surface area contributed by atoms with E-state index in [-0.39, 0.29) is 0 Å². The largest absolute Gasteiger partial charge is 0.380 e. The number of nitrogens with zero attached hydrogens (tertiary/aromatic N) is 1. The third-order valence-electron chi connectivity index (χ3n) is 3.65. The highest BCUT2D eigenvalue weighted by molar-refractivity contribution is 7.99. The Morgan fingerprint density at radius 2 is 2.26 bits per heavy atom. The molecule has 1 heterocycles. The molecule has 106 valence electrons. The van der Waals surface area contributed by atoms with Crippen molar-refractivity contribution in [2.45, 2.75) is 24.8 Å². The first kappa shape index (κ1) is 14.9. The minimum atomic E-state index is 0.315. The molecule has 1 aromatic carbocycles. The molecule has 0 aromatic heterocycles. The lowest BCUT2D eigenvalue weighted by molar-refractivity contribution is 0.176. The van der Waals surface area contributed by atoms with Gasteiger partial charge in [-0.25, -0.2) is 0 Å². The molecule has 19 heavy (non-hydrogen) atoms. The van der Waals surface area contributed by atoms with Crippen LogP contribution in [-0.2, 0) is 11.3 Å². The Bertz CT molecular complexity index is 399. The second-order valence-corrected chi connectivity index (χ2v) is 6.61. The van der Waals surface area contributed by atoms with Gasteiger partial charge in [0.1, 0.15) is 0 Å². The van der Waals surface area contributed by atoms with Crippen molar-refractivity contribution >= 4 is 11.8 Å². The second kappa shape index (κ2) is 7.29. The van der Waals surface area contributed by atoms with Gasteiger partial charge in [-0.2, -0.15) is 11.8 Å². The molecule has 2 N–H and O–H groups in total. The third-order valence-corrected chi connectivity index (χ3v) is 4.79. The van der Waals surface area contributed by atoms with Gasteiger partial charge >= 0.3 is 0 Å². The first-order chi connectivity index (χ1) is 9.26. The van der Waals surface area contributed by atoms with Crippen LogP contribution in [0.4, 0.5) is 0 Å². The number of methoxy groups -OCH3 is 1. The van der Waals surface area contributed by atoms with Crippen molar-refractivity contribution in [3.63, 3.8) is 0 Å². The predicted octanol–water partition coefficient (Wildman–Crippen LogP) is 2.27. The Hall–Kier alpha value is -0.550. The van der Waals surface area contributed by atoms with Crippen LogP contribution in [0.25, 0.3) is 0 Å². The number of rotatable bonds is 5. The molecule has 2 unspecified atom stereocenters. The summed E-state index contributed by atoms with van der Waals surface area (Å²) in [5.74, 6) is 1.20. The number of benzene rings is 1. The maximum absolute atomic E-state index is 6.06. The summed E-state index contributed by atoms with van der Waals surface area (Å²) < 4.78 is 5.31. The molecule has 1 saturated heterocycles. The van der Waals surface area contributed by atoms with Crippen LogP contribution in [0.2, 0.25) is 0 Å². The van der Waals surface area contributed by atoms with Crippen molar-refractivity contribution < 1.29 is 4.74 Å². The van der Waals surface area contributed by atoms with Crippen molar-refractivity contribution in [3.05, 3.63) is 35.4 Å². The van der Waals surface area contributed by atoms with Crippen LogP contribution in [0.5, 0.6) is 0 Å². The van der Waals surface area contributed by atoms with Gasteiger partial charge in [0.05, 0.1) is 6.61 Å². The summed E-state index contributed by atoms with van der Waals surface area (Å²) in [6, 6.07) is 8.82. The van der Waals surface area contributed by atoms with Gasteiger partial charge in [-0.05, 0) is 11.1 Å². The Kier molecular flexibility index (Phi) is 5.70. The van der Waals surface area contributed by atoms with Crippen molar-refractivity contribution in [2.24, 2.45) is 5.73 Å². The highest BCUT2D eigenvalue weighted by atomic mass is 32.2. The summed E-state index contributed by atoms with van der Waals surface area (Å²) in [6.07, 6.45) is 0. The average Bonchev–Trinajstić information content (AvgIpc) is 2.42. The van der Waals surface area contributed by atoms with Crippen molar-refractivity contribution in [1.82, 2.24) is 4.90 Å². The van der Waals surface area contributed by atoms with Crippen LogP contribution in [0.15, 0.2) is 24.3 Å². The average molecular weight is 280 g/mol.